The summed E-state index contributed by atoms with van der Waals surface area (Å²) in [5, 5.41) is 0.831. The molecule has 2 N–H and O–H groups in total. The van der Waals surface area contributed by atoms with Crippen molar-refractivity contribution in [1.29, 1.82) is 0 Å². The molecule has 1 nitrogen and oxygen atoms in total. The lowest BCUT2D eigenvalue weighted by molar-refractivity contribution is 0.547. The van der Waals surface area contributed by atoms with Gasteiger partial charge in [-0.3, -0.25) is 0 Å². The first-order valence-corrected chi connectivity index (χ1v) is 5.24. The highest BCUT2D eigenvalue weighted by Crippen LogP contribution is 2.27. The molecule has 1 saturated carbocycles. The number of halogens is 1. The van der Waals surface area contributed by atoms with E-state index in [0.29, 0.717) is 6.04 Å². The molecule has 1 fully saturated rings. The van der Waals surface area contributed by atoms with Gasteiger partial charge in [0.2, 0.25) is 0 Å². The summed E-state index contributed by atoms with van der Waals surface area (Å²) in [5.41, 5.74) is 9.52. The standard InChI is InChI=1S/C12H14ClN/c1-8-4-9(2-3-12(8)13)5-10-6-11(14)7-10/h2-5,11H,6-7,14H2,1H3. The Morgan fingerprint density at radius 2 is 2.14 bits per heavy atom. The molecule has 1 aromatic rings. The van der Waals surface area contributed by atoms with E-state index in [2.05, 4.69) is 12.1 Å². The Labute approximate surface area is 89.6 Å². The summed E-state index contributed by atoms with van der Waals surface area (Å²) in [4.78, 5) is 0. The van der Waals surface area contributed by atoms with Crippen LogP contribution in [0, 0.1) is 6.92 Å². The number of rotatable bonds is 1. The third-order valence-electron chi connectivity index (χ3n) is 2.60. The van der Waals surface area contributed by atoms with Gasteiger partial charge in [0.1, 0.15) is 0 Å². The van der Waals surface area contributed by atoms with Gasteiger partial charge >= 0.3 is 0 Å². The first kappa shape index (κ1) is 9.75. The molecule has 0 heterocycles. The minimum atomic E-state index is 0.384. The summed E-state index contributed by atoms with van der Waals surface area (Å²) >= 11 is 5.95. The van der Waals surface area contributed by atoms with E-state index in [1.165, 1.54) is 11.1 Å². The molecule has 0 atom stereocenters. The SMILES string of the molecule is Cc1cc(C=C2CC(N)C2)ccc1Cl. The van der Waals surface area contributed by atoms with E-state index in [4.69, 9.17) is 17.3 Å². The van der Waals surface area contributed by atoms with Crippen molar-refractivity contribution in [3.05, 3.63) is 39.9 Å². The van der Waals surface area contributed by atoms with E-state index >= 15 is 0 Å². The number of nitrogens with two attached hydrogens (primary N) is 1. The molecule has 1 aliphatic carbocycles. The van der Waals surface area contributed by atoms with E-state index in [0.717, 1.165) is 23.4 Å². The lowest BCUT2D eigenvalue weighted by Gasteiger charge is -2.25. The van der Waals surface area contributed by atoms with E-state index in [1.807, 2.05) is 19.1 Å². The number of hydrogen-bond donors (Lipinski definition) is 1. The molecule has 0 saturated heterocycles. The van der Waals surface area contributed by atoms with Gasteiger partial charge < -0.3 is 5.73 Å². The zero-order valence-electron chi connectivity index (χ0n) is 8.26. The Morgan fingerprint density at radius 1 is 1.43 bits per heavy atom. The van der Waals surface area contributed by atoms with Gasteiger partial charge in [-0.25, -0.2) is 0 Å². The van der Waals surface area contributed by atoms with Crippen LogP contribution in [-0.4, -0.2) is 6.04 Å². The van der Waals surface area contributed by atoms with Crippen LogP contribution in [0.4, 0.5) is 0 Å². The van der Waals surface area contributed by atoms with Crippen LogP contribution in [0.25, 0.3) is 6.08 Å². The second-order valence-electron chi connectivity index (χ2n) is 3.98. The van der Waals surface area contributed by atoms with Crippen LogP contribution in [0.2, 0.25) is 5.02 Å². The zero-order valence-corrected chi connectivity index (χ0v) is 9.01. The van der Waals surface area contributed by atoms with Crippen molar-refractivity contribution in [1.82, 2.24) is 0 Å². The van der Waals surface area contributed by atoms with Crippen molar-refractivity contribution in [2.75, 3.05) is 0 Å². The summed E-state index contributed by atoms with van der Waals surface area (Å²) in [6.45, 7) is 2.02. The number of aryl methyl sites for hydroxylation is 1. The van der Waals surface area contributed by atoms with Gasteiger partial charge in [0.15, 0.2) is 0 Å². The normalized spacial score (nSPS) is 20.5. The van der Waals surface area contributed by atoms with Crippen molar-refractivity contribution in [2.24, 2.45) is 5.73 Å². The maximum absolute atomic E-state index is 5.95. The smallest absolute Gasteiger partial charge is 0.0435 e. The molecule has 0 spiro atoms. The maximum atomic E-state index is 5.95. The Hall–Kier alpha value is -0.790. The molecule has 2 heteroatoms. The van der Waals surface area contributed by atoms with Gasteiger partial charge in [0.25, 0.3) is 0 Å². The van der Waals surface area contributed by atoms with Gasteiger partial charge in [-0.2, -0.15) is 0 Å². The number of benzene rings is 1. The summed E-state index contributed by atoms with van der Waals surface area (Å²) in [6.07, 6.45) is 4.30. The van der Waals surface area contributed by atoms with Crippen LogP contribution in [0.1, 0.15) is 24.0 Å². The summed E-state index contributed by atoms with van der Waals surface area (Å²) in [7, 11) is 0. The Balaban J connectivity index is 2.18. The Kier molecular flexibility index (Phi) is 2.62. The molecular formula is C12H14ClN. The summed E-state index contributed by atoms with van der Waals surface area (Å²) in [6, 6.07) is 6.49. The molecule has 0 aromatic heterocycles. The quantitative estimate of drug-likeness (QED) is 0.752. The molecule has 0 aliphatic heterocycles. The zero-order chi connectivity index (χ0) is 10.1. The highest BCUT2D eigenvalue weighted by Gasteiger charge is 2.18. The average Bonchev–Trinajstić information content (AvgIpc) is 2.09. The van der Waals surface area contributed by atoms with Crippen molar-refractivity contribution in [2.45, 2.75) is 25.8 Å². The summed E-state index contributed by atoms with van der Waals surface area (Å²) in [5.74, 6) is 0. The predicted molar refractivity (Wildman–Crippen MR) is 61.4 cm³/mol. The third kappa shape index (κ3) is 1.99. The number of hydrogen-bond acceptors (Lipinski definition) is 1. The molecule has 0 radical (unpaired) electrons. The minimum Gasteiger partial charge on any atom is -0.327 e. The minimum absolute atomic E-state index is 0.384. The third-order valence-corrected chi connectivity index (χ3v) is 3.03. The fourth-order valence-electron chi connectivity index (χ4n) is 1.72. The maximum Gasteiger partial charge on any atom is 0.0435 e. The first-order valence-electron chi connectivity index (χ1n) is 4.86. The van der Waals surface area contributed by atoms with E-state index in [9.17, 15) is 0 Å². The first-order chi connectivity index (χ1) is 6.65. The Bertz CT molecular complexity index is 374. The van der Waals surface area contributed by atoms with Gasteiger partial charge in [0.05, 0.1) is 0 Å². The van der Waals surface area contributed by atoms with Crippen LogP contribution < -0.4 is 5.73 Å². The van der Waals surface area contributed by atoms with Crippen LogP contribution in [0.3, 0.4) is 0 Å². The fraction of sp³-hybridized carbons (Fsp3) is 0.333. The molecule has 14 heavy (non-hydrogen) atoms. The van der Waals surface area contributed by atoms with Crippen molar-refractivity contribution in [3.8, 4) is 0 Å². The van der Waals surface area contributed by atoms with Crippen molar-refractivity contribution in [3.63, 3.8) is 0 Å². The monoisotopic (exact) mass is 207 g/mol. The van der Waals surface area contributed by atoms with E-state index in [1.54, 1.807) is 0 Å². The highest BCUT2D eigenvalue weighted by molar-refractivity contribution is 6.31. The molecule has 1 aromatic carbocycles. The predicted octanol–water partition coefficient (Wildman–Crippen LogP) is 3.15. The van der Waals surface area contributed by atoms with Gasteiger partial charge in [0, 0.05) is 11.1 Å². The van der Waals surface area contributed by atoms with E-state index in [-0.39, 0.29) is 0 Å². The van der Waals surface area contributed by atoms with Gasteiger partial charge in [-0.1, -0.05) is 35.4 Å². The van der Waals surface area contributed by atoms with Gasteiger partial charge in [-0.15, -0.1) is 0 Å². The lowest BCUT2D eigenvalue weighted by Crippen LogP contribution is -2.29. The Morgan fingerprint density at radius 3 is 2.71 bits per heavy atom. The second kappa shape index (κ2) is 3.76. The van der Waals surface area contributed by atoms with Crippen LogP contribution in [-0.2, 0) is 0 Å². The van der Waals surface area contributed by atoms with Crippen LogP contribution in [0.5, 0.6) is 0 Å². The van der Waals surface area contributed by atoms with Crippen molar-refractivity contribution < 1.29 is 0 Å². The molecule has 1 aliphatic rings. The lowest BCUT2D eigenvalue weighted by atomic mass is 9.86. The molecule has 2 rings (SSSR count). The fourth-order valence-corrected chi connectivity index (χ4v) is 1.84. The molecule has 0 unspecified atom stereocenters. The molecule has 0 amide bonds. The molecular weight excluding hydrogens is 194 g/mol. The van der Waals surface area contributed by atoms with E-state index < -0.39 is 0 Å². The van der Waals surface area contributed by atoms with Crippen LogP contribution in [0.15, 0.2) is 23.8 Å². The topological polar surface area (TPSA) is 26.0 Å². The highest BCUT2D eigenvalue weighted by atomic mass is 35.5. The second-order valence-corrected chi connectivity index (χ2v) is 4.39. The van der Waals surface area contributed by atoms with Gasteiger partial charge in [-0.05, 0) is 37.0 Å². The van der Waals surface area contributed by atoms with Crippen molar-refractivity contribution >= 4 is 17.7 Å². The average molecular weight is 208 g/mol. The largest absolute Gasteiger partial charge is 0.327 e. The molecule has 0 bridgehead atoms. The molecule has 74 valence electrons. The summed E-state index contributed by atoms with van der Waals surface area (Å²) < 4.78 is 0. The van der Waals surface area contributed by atoms with Crippen LogP contribution >= 0.6 is 11.6 Å².